The van der Waals surface area contributed by atoms with Crippen molar-refractivity contribution in [1.29, 1.82) is 0 Å². The molecule has 1 fully saturated rings. The van der Waals surface area contributed by atoms with Gasteiger partial charge in [-0.15, -0.1) is 0 Å². The number of hydrogen-bond acceptors (Lipinski definition) is 7. The monoisotopic (exact) mass is 454 g/mol. The van der Waals surface area contributed by atoms with Crippen molar-refractivity contribution in [1.82, 2.24) is 19.3 Å². The zero-order chi connectivity index (χ0) is 22.7. The Kier molecular flexibility index (Phi) is 6.01. The Morgan fingerprint density at radius 2 is 1.62 bits per heavy atom. The molecule has 1 saturated heterocycles. The molecule has 0 atom stereocenters. The van der Waals surface area contributed by atoms with Crippen LogP contribution in [0, 0.1) is 6.92 Å². The van der Waals surface area contributed by atoms with Gasteiger partial charge in [-0.25, -0.2) is 23.1 Å². The third-order valence-electron chi connectivity index (χ3n) is 4.87. The number of nitrogens with zero attached hydrogens (tertiary/aromatic N) is 4. The minimum absolute atomic E-state index is 0.0492. The molecule has 0 bridgehead atoms. The Labute approximate surface area is 185 Å². The summed E-state index contributed by atoms with van der Waals surface area (Å²) in [5, 5.41) is 3.09. The lowest BCUT2D eigenvalue weighted by Crippen LogP contribution is -2.30. The highest BCUT2D eigenvalue weighted by atomic mass is 32.2. The van der Waals surface area contributed by atoms with Crippen LogP contribution in [0.2, 0.25) is 0 Å². The molecule has 0 aliphatic carbocycles. The van der Waals surface area contributed by atoms with Crippen LogP contribution in [0.25, 0.3) is 5.82 Å². The minimum Gasteiger partial charge on any atom is -0.369 e. The minimum atomic E-state index is -3.75. The van der Waals surface area contributed by atoms with Crippen LogP contribution in [0.3, 0.4) is 0 Å². The summed E-state index contributed by atoms with van der Waals surface area (Å²) in [5.41, 5.74) is 0.371. The van der Waals surface area contributed by atoms with Crippen LogP contribution < -0.4 is 14.9 Å². The summed E-state index contributed by atoms with van der Waals surface area (Å²) < 4.78 is 29.5. The second-order valence-electron chi connectivity index (χ2n) is 7.19. The quantitative estimate of drug-likeness (QED) is 0.391. The Hall–Kier alpha value is -3.57. The van der Waals surface area contributed by atoms with Gasteiger partial charge >= 0.3 is 0 Å². The number of anilines is 2. The lowest BCUT2D eigenvalue weighted by Gasteiger charge is -2.14. The molecule has 1 aromatic carbocycles. The smallest absolute Gasteiger partial charge is 0.240 e. The van der Waals surface area contributed by atoms with E-state index < -0.39 is 10.0 Å². The third-order valence-corrected chi connectivity index (χ3v) is 6.35. The van der Waals surface area contributed by atoms with Crippen LogP contribution >= 0.6 is 0 Å². The molecular weight excluding hydrogens is 432 g/mol. The van der Waals surface area contributed by atoms with Crippen molar-refractivity contribution in [2.75, 3.05) is 23.3 Å². The first-order chi connectivity index (χ1) is 15.3. The highest BCUT2D eigenvalue weighted by molar-refractivity contribution is 7.89. The number of carbonyl (C=O) groups excluding carboxylic acids is 2. The molecule has 32 heavy (non-hydrogen) atoms. The zero-order valence-electron chi connectivity index (χ0n) is 17.4. The van der Waals surface area contributed by atoms with E-state index in [1.54, 1.807) is 13.0 Å². The van der Waals surface area contributed by atoms with Crippen LogP contribution in [0.1, 0.15) is 18.7 Å². The average molecular weight is 455 g/mol. The molecule has 166 valence electrons. The van der Waals surface area contributed by atoms with E-state index >= 15 is 0 Å². The van der Waals surface area contributed by atoms with Crippen LogP contribution in [0.15, 0.2) is 59.8 Å². The first-order valence-electron chi connectivity index (χ1n) is 10.0. The topological polar surface area (TPSA) is 126 Å². The van der Waals surface area contributed by atoms with Gasteiger partial charge in [0, 0.05) is 44.4 Å². The predicted octanol–water partition coefficient (Wildman–Crippen LogP) is 1.62. The Morgan fingerprint density at radius 3 is 2.28 bits per heavy atom. The number of aromatic nitrogens is 3. The molecule has 0 radical (unpaired) electrons. The van der Waals surface area contributed by atoms with Crippen molar-refractivity contribution < 1.29 is 18.0 Å². The van der Waals surface area contributed by atoms with E-state index in [1.807, 2.05) is 29.1 Å². The largest absolute Gasteiger partial charge is 0.369 e. The molecule has 1 aliphatic rings. The van der Waals surface area contributed by atoms with Crippen LogP contribution in [0.5, 0.6) is 0 Å². The molecule has 3 aromatic rings. The maximum atomic E-state index is 12.6. The number of rotatable bonds is 8. The number of nitrogens with one attached hydrogen (secondary N) is 2. The first-order valence-corrected chi connectivity index (χ1v) is 11.5. The normalized spacial score (nSPS) is 14.2. The lowest BCUT2D eigenvalue weighted by atomic mass is 10.3. The third kappa shape index (κ3) is 4.68. The molecule has 3 heterocycles. The van der Waals surface area contributed by atoms with Gasteiger partial charge in [-0.05, 0) is 43.3 Å². The van der Waals surface area contributed by atoms with E-state index in [2.05, 4.69) is 20.0 Å². The summed E-state index contributed by atoms with van der Waals surface area (Å²) in [6, 6.07) is 11.2. The fraction of sp³-hybridized carbons (Fsp3) is 0.238. The summed E-state index contributed by atoms with van der Waals surface area (Å²) in [4.78, 5) is 33.5. The van der Waals surface area contributed by atoms with E-state index in [4.69, 9.17) is 0 Å². The highest BCUT2D eigenvalue weighted by Crippen LogP contribution is 2.23. The second kappa shape index (κ2) is 8.89. The lowest BCUT2D eigenvalue weighted by molar-refractivity contribution is -0.121. The fourth-order valence-corrected chi connectivity index (χ4v) is 4.39. The summed E-state index contributed by atoms with van der Waals surface area (Å²) in [5.74, 6) is 1.32. The number of hydrogen-bond donors (Lipinski definition) is 2. The van der Waals surface area contributed by atoms with Gasteiger partial charge in [0.25, 0.3) is 0 Å². The van der Waals surface area contributed by atoms with Gasteiger partial charge in [0.2, 0.25) is 21.8 Å². The molecule has 2 amide bonds. The number of aryl methyl sites for hydroxylation is 1. The van der Waals surface area contributed by atoms with Crippen LogP contribution in [-0.4, -0.2) is 47.9 Å². The Bertz CT molecular complexity index is 1220. The van der Waals surface area contributed by atoms with E-state index in [1.165, 1.54) is 24.3 Å². The van der Waals surface area contributed by atoms with Crippen molar-refractivity contribution in [3.8, 4) is 5.82 Å². The van der Waals surface area contributed by atoms with Crippen molar-refractivity contribution >= 4 is 33.3 Å². The second-order valence-corrected chi connectivity index (χ2v) is 8.96. The molecule has 4 rings (SSSR count). The van der Waals surface area contributed by atoms with Crippen molar-refractivity contribution in [2.45, 2.75) is 24.7 Å². The number of amides is 2. The first kappa shape index (κ1) is 21.7. The number of imide groups is 1. The summed E-state index contributed by atoms with van der Waals surface area (Å²) in [6.45, 7) is 2.23. The maximum Gasteiger partial charge on any atom is 0.240 e. The molecule has 10 nitrogen and oxygen atoms in total. The van der Waals surface area contributed by atoms with Gasteiger partial charge in [0.15, 0.2) is 0 Å². The Balaban J connectivity index is 1.35. The maximum absolute atomic E-state index is 12.6. The van der Waals surface area contributed by atoms with Crippen molar-refractivity contribution in [3.05, 3.63) is 60.7 Å². The Morgan fingerprint density at radius 1 is 0.969 bits per heavy atom. The van der Waals surface area contributed by atoms with E-state index in [9.17, 15) is 18.0 Å². The van der Waals surface area contributed by atoms with Gasteiger partial charge in [-0.2, -0.15) is 0 Å². The predicted molar refractivity (Wildman–Crippen MR) is 118 cm³/mol. The van der Waals surface area contributed by atoms with Crippen LogP contribution in [0.4, 0.5) is 11.5 Å². The molecular formula is C21H22N6O4S. The van der Waals surface area contributed by atoms with Crippen molar-refractivity contribution in [3.63, 3.8) is 0 Å². The van der Waals surface area contributed by atoms with Gasteiger partial charge in [0.1, 0.15) is 17.5 Å². The summed E-state index contributed by atoms with van der Waals surface area (Å²) in [7, 11) is -3.75. The van der Waals surface area contributed by atoms with Gasteiger partial charge in [-0.1, -0.05) is 0 Å². The van der Waals surface area contributed by atoms with Crippen LogP contribution in [-0.2, 0) is 19.6 Å². The molecule has 1 aliphatic heterocycles. The van der Waals surface area contributed by atoms with E-state index in [0.29, 0.717) is 29.7 Å². The molecule has 11 heteroatoms. The zero-order valence-corrected chi connectivity index (χ0v) is 18.2. The molecule has 2 N–H and O–H groups in total. The number of carbonyl (C=O) groups is 2. The van der Waals surface area contributed by atoms with Gasteiger partial charge in [-0.3, -0.25) is 14.5 Å². The summed E-state index contributed by atoms with van der Waals surface area (Å²) in [6.07, 6.45) is 4.10. The summed E-state index contributed by atoms with van der Waals surface area (Å²) >= 11 is 0. The highest BCUT2D eigenvalue weighted by Gasteiger charge is 2.30. The molecule has 0 spiro atoms. The standard InChI is InChI=1S/C21H22N6O4S/c1-15-24-18(14-19(25-15)26-12-2-3-13-26)22-10-11-23-32(30,31)17-6-4-16(5-7-17)27-20(28)8-9-21(27)29/h2-7,12-14,23H,8-11H2,1H3,(H,22,24,25). The van der Waals surface area contributed by atoms with E-state index in [0.717, 1.165) is 4.90 Å². The number of benzene rings is 1. The molecule has 0 unspecified atom stereocenters. The molecule has 0 saturated carbocycles. The average Bonchev–Trinajstić information content (AvgIpc) is 3.41. The van der Waals surface area contributed by atoms with Gasteiger partial charge in [0.05, 0.1) is 10.6 Å². The van der Waals surface area contributed by atoms with Gasteiger partial charge < -0.3 is 9.88 Å². The molecule has 2 aromatic heterocycles. The SMILES string of the molecule is Cc1nc(NCCNS(=O)(=O)c2ccc(N3C(=O)CCC3=O)cc2)cc(-n2cccc2)n1. The number of sulfonamides is 1. The fourth-order valence-electron chi connectivity index (χ4n) is 3.36. The van der Waals surface area contributed by atoms with E-state index in [-0.39, 0.29) is 36.1 Å². The van der Waals surface area contributed by atoms with Crippen molar-refractivity contribution in [2.24, 2.45) is 0 Å².